The van der Waals surface area contributed by atoms with Gasteiger partial charge in [0.1, 0.15) is 0 Å². The number of rotatable bonds is 4. The molecule has 0 aliphatic rings. The zero-order valence-corrected chi connectivity index (χ0v) is 14.4. The summed E-state index contributed by atoms with van der Waals surface area (Å²) in [4.78, 5) is 26.3. The number of hydrogen-bond donors (Lipinski definition) is 1. The van der Waals surface area contributed by atoms with E-state index >= 15 is 0 Å². The maximum atomic E-state index is 12.5. The normalized spacial score (nSPS) is 10.8. The van der Waals surface area contributed by atoms with Gasteiger partial charge < -0.3 is 4.90 Å². The molecule has 26 heavy (non-hydrogen) atoms. The number of nitrogens with one attached hydrogen (secondary N) is 1. The molecule has 2 aromatic heterocycles. The Morgan fingerprint density at radius 3 is 2.58 bits per heavy atom. The number of pyridine rings is 1. The van der Waals surface area contributed by atoms with Gasteiger partial charge in [0.05, 0.1) is 16.6 Å². The molecule has 0 saturated carbocycles. The van der Waals surface area contributed by atoms with Gasteiger partial charge in [-0.3, -0.25) is 14.8 Å². The van der Waals surface area contributed by atoms with Crippen molar-refractivity contribution in [2.24, 2.45) is 0 Å². The van der Waals surface area contributed by atoms with Crippen molar-refractivity contribution in [3.05, 3.63) is 88.8 Å². The molecule has 0 bridgehead atoms. The fraction of sp³-hybridized carbons (Fsp3) is 0.0952. The molecule has 5 heteroatoms. The highest BCUT2D eigenvalue weighted by Crippen LogP contribution is 2.21. The van der Waals surface area contributed by atoms with Gasteiger partial charge in [0.25, 0.3) is 5.56 Å². The van der Waals surface area contributed by atoms with Crippen LogP contribution >= 0.6 is 0 Å². The van der Waals surface area contributed by atoms with Crippen LogP contribution in [-0.4, -0.2) is 22.0 Å². The molecule has 0 fully saturated rings. The predicted molar refractivity (Wildman–Crippen MR) is 104 cm³/mol. The summed E-state index contributed by atoms with van der Waals surface area (Å²) in [5, 5.41) is 0.571. The zero-order chi connectivity index (χ0) is 17.9. The fourth-order valence-electron chi connectivity index (χ4n) is 2.93. The highest BCUT2D eigenvalue weighted by Gasteiger charge is 2.10. The molecule has 2 aromatic carbocycles. The Kier molecular flexibility index (Phi) is 4.19. The molecule has 0 amide bonds. The molecular weight excluding hydrogens is 324 g/mol. The summed E-state index contributed by atoms with van der Waals surface area (Å²) in [7, 11) is 1.92. The summed E-state index contributed by atoms with van der Waals surface area (Å²) in [5.74, 6) is 0.546. The monoisotopic (exact) mass is 342 g/mol. The Morgan fingerprint density at radius 2 is 1.81 bits per heavy atom. The minimum Gasteiger partial charge on any atom is -0.341 e. The third kappa shape index (κ3) is 3.19. The van der Waals surface area contributed by atoms with Crippen molar-refractivity contribution < 1.29 is 0 Å². The van der Waals surface area contributed by atoms with Crippen molar-refractivity contribution in [2.45, 2.75) is 6.54 Å². The first-order valence-electron chi connectivity index (χ1n) is 8.41. The third-order valence-electron chi connectivity index (χ3n) is 4.28. The van der Waals surface area contributed by atoms with Crippen molar-refractivity contribution in [3.63, 3.8) is 0 Å². The maximum Gasteiger partial charge on any atom is 0.260 e. The molecular formula is C21H18N4O. The summed E-state index contributed by atoms with van der Waals surface area (Å²) in [6, 6.07) is 21.5. The van der Waals surface area contributed by atoms with Crippen molar-refractivity contribution in [1.82, 2.24) is 15.0 Å². The Balaban J connectivity index is 1.73. The SMILES string of the molecule is CN(Cc1ccccc1)c1nc2cc(-c3ccccn3)ccc2c(=O)[nH]1. The molecule has 0 aliphatic carbocycles. The number of anilines is 1. The van der Waals surface area contributed by atoms with Crippen LogP contribution in [-0.2, 0) is 6.54 Å². The summed E-state index contributed by atoms with van der Waals surface area (Å²) >= 11 is 0. The molecule has 0 radical (unpaired) electrons. The number of fused-ring (bicyclic) bond motifs is 1. The van der Waals surface area contributed by atoms with Crippen LogP contribution in [0.5, 0.6) is 0 Å². The highest BCUT2D eigenvalue weighted by atomic mass is 16.1. The van der Waals surface area contributed by atoms with Gasteiger partial charge in [-0.1, -0.05) is 42.5 Å². The number of hydrogen-bond acceptors (Lipinski definition) is 4. The molecule has 0 spiro atoms. The Bertz CT molecular complexity index is 1090. The summed E-state index contributed by atoms with van der Waals surface area (Å²) in [6.07, 6.45) is 1.75. The second-order valence-electron chi connectivity index (χ2n) is 6.18. The van der Waals surface area contributed by atoms with Crippen LogP contribution < -0.4 is 10.5 Å². The van der Waals surface area contributed by atoms with E-state index in [1.54, 1.807) is 12.3 Å². The highest BCUT2D eigenvalue weighted by molar-refractivity contribution is 5.83. The average molecular weight is 342 g/mol. The van der Waals surface area contributed by atoms with Gasteiger partial charge in [-0.05, 0) is 29.8 Å². The molecule has 4 aromatic rings. The van der Waals surface area contributed by atoms with E-state index in [0.29, 0.717) is 23.4 Å². The average Bonchev–Trinajstić information content (AvgIpc) is 2.69. The molecule has 0 unspecified atom stereocenters. The van der Waals surface area contributed by atoms with Crippen LogP contribution in [0.3, 0.4) is 0 Å². The largest absolute Gasteiger partial charge is 0.341 e. The van der Waals surface area contributed by atoms with E-state index in [1.165, 1.54) is 0 Å². The summed E-state index contributed by atoms with van der Waals surface area (Å²) in [5.41, 5.74) is 3.47. The van der Waals surface area contributed by atoms with E-state index in [2.05, 4.69) is 27.1 Å². The number of benzene rings is 2. The van der Waals surface area contributed by atoms with E-state index < -0.39 is 0 Å². The maximum absolute atomic E-state index is 12.5. The van der Waals surface area contributed by atoms with E-state index in [1.807, 2.05) is 60.5 Å². The van der Waals surface area contributed by atoms with Crippen LogP contribution in [0.2, 0.25) is 0 Å². The summed E-state index contributed by atoms with van der Waals surface area (Å²) < 4.78 is 0. The molecule has 0 aliphatic heterocycles. The second-order valence-corrected chi connectivity index (χ2v) is 6.18. The standard InChI is InChI=1S/C21H18N4O/c1-25(14-15-7-3-2-4-8-15)21-23-19-13-16(18-9-5-6-12-22-18)10-11-17(19)20(26)24-21/h2-13H,14H2,1H3,(H,23,24,26). The smallest absolute Gasteiger partial charge is 0.260 e. The Hall–Kier alpha value is -3.47. The molecule has 128 valence electrons. The topological polar surface area (TPSA) is 61.9 Å². The quantitative estimate of drug-likeness (QED) is 0.615. The fourth-order valence-corrected chi connectivity index (χ4v) is 2.93. The lowest BCUT2D eigenvalue weighted by Crippen LogP contribution is -2.22. The summed E-state index contributed by atoms with van der Waals surface area (Å²) in [6.45, 7) is 0.662. The Morgan fingerprint density at radius 1 is 1.00 bits per heavy atom. The molecule has 1 N–H and O–H groups in total. The van der Waals surface area contributed by atoms with Gasteiger partial charge in [0, 0.05) is 25.4 Å². The zero-order valence-electron chi connectivity index (χ0n) is 14.4. The minimum absolute atomic E-state index is 0.141. The molecule has 0 saturated heterocycles. The first-order chi connectivity index (χ1) is 12.7. The number of nitrogens with zero attached hydrogens (tertiary/aromatic N) is 3. The lowest BCUT2D eigenvalue weighted by molar-refractivity contribution is 0.868. The van der Waals surface area contributed by atoms with Crippen molar-refractivity contribution >= 4 is 16.9 Å². The van der Waals surface area contributed by atoms with Crippen molar-refractivity contribution in [2.75, 3.05) is 11.9 Å². The van der Waals surface area contributed by atoms with Gasteiger partial charge >= 0.3 is 0 Å². The lowest BCUT2D eigenvalue weighted by atomic mass is 10.1. The van der Waals surface area contributed by atoms with E-state index in [0.717, 1.165) is 16.8 Å². The van der Waals surface area contributed by atoms with Crippen LogP contribution in [0.25, 0.3) is 22.2 Å². The van der Waals surface area contributed by atoms with E-state index in [4.69, 9.17) is 0 Å². The van der Waals surface area contributed by atoms with E-state index in [-0.39, 0.29) is 5.56 Å². The number of aromatic nitrogens is 3. The first kappa shape index (κ1) is 16.0. The van der Waals surface area contributed by atoms with Gasteiger partial charge in [-0.2, -0.15) is 0 Å². The third-order valence-corrected chi connectivity index (χ3v) is 4.28. The van der Waals surface area contributed by atoms with Crippen molar-refractivity contribution in [3.8, 4) is 11.3 Å². The molecule has 2 heterocycles. The van der Waals surface area contributed by atoms with Crippen LogP contribution in [0.1, 0.15) is 5.56 Å². The van der Waals surface area contributed by atoms with E-state index in [9.17, 15) is 4.79 Å². The minimum atomic E-state index is -0.141. The first-order valence-corrected chi connectivity index (χ1v) is 8.41. The van der Waals surface area contributed by atoms with Crippen LogP contribution in [0.15, 0.2) is 77.7 Å². The van der Waals surface area contributed by atoms with Gasteiger partial charge in [-0.25, -0.2) is 4.98 Å². The van der Waals surface area contributed by atoms with Crippen LogP contribution in [0, 0.1) is 0 Å². The lowest BCUT2D eigenvalue weighted by Gasteiger charge is -2.18. The van der Waals surface area contributed by atoms with Gasteiger partial charge in [-0.15, -0.1) is 0 Å². The molecule has 4 rings (SSSR count). The second kappa shape index (κ2) is 6.80. The predicted octanol–water partition coefficient (Wildman–Crippen LogP) is 3.62. The number of H-pyrrole nitrogens is 1. The van der Waals surface area contributed by atoms with Gasteiger partial charge in [0.2, 0.25) is 5.95 Å². The molecule has 5 nitrogen and oxygen atoms in total. The van der Waals surface area contributed by atoms with Crippen molar-refractivity contribution in [1.29, 1.82) is 0 Å². The van der Waals surface area contributed by atoms with Gasteiger partial charge in [0.15, 0.2) is 0 Å². The Labute approximate surface area is 151 Å². The molecule has 0 atom stereocenters. The number of aromatic amines is 1. The van der Waals surface area contributed by atoms with Crippen LogP contribution in [0.4, 0.5) is 5.95 Å².